The maximum Gasteiger partial charge on any atom is 0.251 e. The molecule has 7 nitrogen and oxygen atoms in total. The van der Waals surface area contributed by atoms with Gasteiger partial charge in [0.25, 0.3) is 5.91 Å². The summed E-state index contributed by atoms with van der Waals surface area (Å²) in [7, 11) is -2.16. The molecule has 1 amide bonds. The lowest BCUT2D eigenvalue weighted by Crippen LogP contribution is -2.35. The summed E-state index contributed by atoms with van der Waals surface area (Å²) < 4.78 is 37.8. The quantitative estimate of drug-likeness (QED) is 0.576. The molecule has 2 aromatic rings. The summed E-state index contributed by atoms with van der Waals surface area (Å²) in [6.07, 6.45) is 0. The smallest absolute Gasteiger partial charge is 0.251 e. The number of carbonyl (C=O) groups excluding carboxylic acids is 1. The summed E-state index contributed by atoms with van der Waals surface area (Å²) >= 11 is 0. The Morgan fingerprint density at radius 2 is 1.79 bits per heavy atom. The van der Waals surface area contributed by atoms with Gasteiger partial charge in [-0.2, -0.15) is 0 Å². The predicted molar refractivity (Wildman–Crippen MR) is 112 cm³/mol. The molecule has 1 atom stereocenters. The molecule has 0 heterocycles. The van der Waals surface area contributed by atoms with Crippen LogP contribution in [0, 0.1) is 13.8 Å². The molecule has 0 aliphatic rings. The Kier molecular flexibility index (Phi) is 8.19. The van der Waals surface area contributed by atoms with Crippen molar-refractivity contribution in [2.45, 2.75) is 31.7 Å². The topological polar surface area (TPSA) is 93.7 Å². The van der Waals surface area contributed by atoms with Gasteiger partial charge in [0.2, 0.25) is 10.0 Å². The zero-order valence-electron chi connectivity index (χ0n) is 17.2. The van der Waals surface area contributed by atoms with Gasteiger partial charge in [0.15, 0.2) is 0 Å². The van der Waals surface area contributed by atoms with Crippen LogP contribution in [-0.4, -0.2) is 47.2 Å². The van der Waals surface area contributed by atoms with Crippen molar-refractivity contribution in [1.29, 1.82) is 0 Å². The molecule has 2 aromatic carbocycles. The number of hydrogen-bond acceptors (Lipinski definition) is 5. The number of methoxy groups -OCH3 is 1. The van der Waals surface area contributed by atoms with Crippen molar-refractivity contribution < 1.29 is 22.7 Å². The largest absolute Gasteiger partial charge is 0.491 e. The lowest BCUT2D eigenvalue weighted by atomic mass is 10.1. The molecule has 158 valence electrons. The summed E-state index contributed by atoms with van der Waals surface area (Å²) in [5.74, 6) is 0.494. The first-order valence-corrected chi connectivity index (χ1v) is 10.8. The third kappa shape index (κ3) is 6.85. The number of sulfonamides is 1. The van der Waals surface area contributed by atoms with Crippen molar-refractivity contribution in [1.82, 2.24) is 10.0 Å². The SMILES string of the molecule is COC[C@@H](C)NS(=O)(=O)c1ccc(C(=O)NCCOc2ccc(C)cc2C)cc1. The van der Waals surface area contributed by atoms with Gasteiger partial charge in [0.1, 0.15) is 12.4 Å². The monoisotopic (exact) mass is 420 g/mol. The zero-order chi connectivity index (χ0) is 21.4. The first kappa shape index (κ1) is 22.9. The third-order valence-corrected chi connectivity index (χ3v) is 5.78. The minimum absolute atomic E-state index is 0.0928. The number of aryl methyl sites for hydroxylation is 2. The Labute approximate surface area is 172 Å². The highest BCUT2D eigenvalue weighted by molar-refractivity contribution is 7.89. The predicted octanol–water partition coefficient (Wildman–Crippen LogP) is 2.43. The third-order valence-electron chi connectivity index (χ3n) is 4.18. The van der Waals surface area contributed by atoms with Gasteiger partial charge in [-0.3, -0.25) is 4.79 Å². The van der Waals surface area contributed by atoms with Crippen molar-refractivity contribution in [3.8, 4) is 5.75 Å². The Hall–Kier alpha value is -2.42. The van der Waals surface area contributed by atoms with E-state index in [0.29, 0.717) is 18.7 Å². The van der Waals surface area contributed by atoms with Crippen LogP contribution in [0.15, 0.2) is 47.4 Å². The molecule has 2 rings (SSSR count). The second-order valence-corrected chi connectivity index (χ2v) is 8.59. The van der Waals surface area contributed by atoms with Gasteiger partial charge >= 0.3 is 0 Å². The van der Waals surface area contributed by atoms with Crippen molar-refractivity contribution in [3.05, 3.63) is 59.2 Å². The molecule has 0 radical (unpaired) electrons. The van der Waals surface area contributed by atoms with E-state index in [0.717, 1.165) is 16.9 Å². The van der Waals surface area contributed by atoms with E-state index >= 15 is 0 Å². The van der Waals surface area contributed by atoms with Gasteiger partial charge in [-0.05, 0) is 56.7 Å². The average Bonchev–Trinajstić information content (AvgIpc) is 2.66. The van der Waals surface area contributed by atoms with Crippen LogP contribution in [0.3, 0.4) is 0 Å². The van der Waals surface area contributed by atoms with E-state index in [1.165, 1.54) is 31.4 Å². The highest BCUT2D eigenvalue weighted by atomic mass is 32.2. The van der Waals surface area contributed by atoms with Crippen LogP contribution in [0.4, 0.5) is 0 Å². The summed E-state index contributed by atoms with van der Waals surface area (Å²) in [5.41, 5.74) is 2.58. The molecule has 0 aliphatic carbocycles. The number of benzene rings is 2. The van der Waals surface area contributed by atoms with Crippen molar-refractivity contribution in [2.75, 3.05) is 26.9 Å². The summed E-state index contributed by atoms with van der Waals surface area (Å²) in [5, 5.41) is 2.76. The molecule has 0 aromatic heterocycles. The summed E-state index contributed by atoms with van der Waals surface area (Å²) in [4.78, 5) is 12.3. The van der Waals surface area contributed by atoms with Crippen LogP contribution in [0.2, 0.25) is 0 Å². The van der Waals surface area contributed by atoms with Crippen LogP contribution in [0.5, 0.6) is 5.75 Å². The average molecular weight is 421 g/mol. The molecule has 0 spiro atoms. The summed E-state index contributed by atoms with van der Waals surface area (Å²) in [6.45, 7) is 6.64. The molecule has 0 bridgehead atoms. The van der Waals surface area contributed by atoms with Crippen LogP contribution >= 0.6 is 0 Å². The van der Waals surface area contributed by atoms with Crippen LogP contribution < -0.4 is 14.8 Å². The fraction of sp³-hybridized carbons (Fsp3) is 0.381. The lowest BCUT2D eigenvalue weighted by Gasteiger charge is -2.13. The maximum atomic E-state index is 12.3. The fourth-order valence-electron chi connectivity index (χ4n) is 2.79. The fourth-order valence-corrected chi connectivity index (χ4v) is 4.02. The molecule has 2 N–H and O–H groups in total. The normalized spacial score (nSPS) is 12.4. The molecule has 0 unspecified atom stereocenters. The van der Waals surface area contributed by atoms with Gasteiger partial charge in [-0.25, -0.2) is 13.1 Å². The van der Waals surface area contributed by atoms with Gasteiger partial charge in [0, 0.05) is 18.7 Å². The number of ether oxygens (including phenoxy) is 2. The Balaban J connectivity index is 1.86. The summed E-state index contributed by atoms with van der Waals surface area (Å²) in [6, 6.07) is 11.3. The van der Waals surface area contributed by atoms with Crippen molar-refractivity contribution >= 4 is 15.9 Å². The molecular formula is C21H28N2O5S. The second-order valence-electron chi connectivity index (χ2n) is 6.88. The Morgan fingerprint density at radius 1 is 1.10 bits per heavy atom. The van der Waals surface area contributed by atoms with E-state index in [2.05, 4.69) is 10.0 Å². The highest BCUT2D eigenvalue weighted by Crippen LogP contribution is 2.18. The minimum Gasteiger partial charge on any atom is -0.491 e. The molecular weight excluding hydrogens is 392 g/mol. The number of carbonyl (C=O) groups is 1. The lowest BCUT2D eigenvalue weighted by molar-refractivity contribution is 0.0947. The molecule has 0 aliphatic heterocycles. The van der Waals surface area contributed by atoms with Crippen molar-refractivity contribution in [3.63, 3.8) is 0 Å². The molecule has 29 heavy (non-hydrogen) atoms. The maximum absolute atomic E-state index is 12.3. The van der Waals surface area contributed by atoms with E-state index in [9.17, 15) is 13.2 Å². The van der Waals surface area contributed by atoms with E-state index in [-0.39, 0.29) is 23.5 Å². The van der Waals surface area contributed by atoms with E-state index in [1.54, 1.807) is 6.92 Å². The number of amides is 1. The second kappa shape index (κ2) is 10.4. The van der Waals surface area contributed by atoms with Crippen molar-refractivity contribution in [2.24, 2.45) is 0 Å². The number of nitrogens with one attached hydrogen (secondary N) is 2. The first-order valence-electron chi connectivity index (χ1n) is 9.32. The van der Waals surface area contributed by atoms with Crippen LogP contribution in [-0.2, 0) is 14.8 Å². The Bertz CT molecular complexity index is 927. The highest BCUT2D eigenvalue weighted by Gasteiger charge is 2.17. The first-order chi connectivity index (χ1) is 13.7. The van der Waals surface area contributed by atoms with E-state index in [1.807, 2.05) is 32.0 Å². The number of rotatable bonds is 10. The van der Waals surface area contributed by atoms with Crippen LogP contribution in [0.25, 0.3) is 0 Å². The molecule has 8 heteroatoms. The minimum atomic E-state index is -3.66. The van der Waals surface area contributed by atoms with Gasteiger partial charge < -0.3 is 14.8 Å². The van der Waals surface area contributed by atoms with E-state index < -0.39 is 10.0 Å². The Morgan fingerprint density at radius 3 is 2.41 bits per heavy atom. The standard InChI is InChI=1S/C21H28N2O5S/c1-15-5-10-20(16(2)13-15)28-12-11-22-21(24)18-6-8-19(9-7-18)29(25,26)23-17(3)14-27-4/h5-10,13,17,23H,11-12,14H2,1-4H3,(H,22,24)/t17-/m1/s1. The van der Waals surface area contributed by atoms with E-state index in [4.69, 9.17) is 9.47 Å². The van der Waals surface area contributed by atoms with Gasteiger partial charge in [-0.1, -0.05) is 17.7 Å². The molecule has 0 saturated heterocycles. The number of hydrogen-bond donors (Lipinski definition) is 2. The van der Waals surface area contributed by atoms with Gasteiger partial charge in [-0.15, -0.1) is 0 Å². The van der Waals surface area contributed by atoms with Crippen LogP contribution in [0.1, 0.15) is 28.4 Å². The zero-order valence-corrected chi connectivity index (χ0v) is 18.0. The molecule has 0 fully saturated rings. The van der Waals surface area contributed by atoms with Gasteiger partial charge in [0.05, 0.1) is 18.0 Å². The molecule has 0 saturated carbocycles.